The van der Waals surface area contributed by atoms with E-state index in [1.54, 1.807) is 43.4 Å². The number of nitrogens with zero attached hydrogens (tertiary/aromatic N) is 2. The number of hydrogen-bond acceptors (Lipinski definition) is 6. The van der Waals surface area contributed by atoms with Crippen molar-refractivity contribution in [2.45, 2.75) is 43.0 Å². The average Bonchev–Trinajstić information content (AvgIpc) is 3.27. The van der Waals surface area contributed by atoms with E-state index in [1.165, 1.54) is 16.4 Å². The molecular formula is C23H26N4O5S. The average molecular weight is 471 g/mol. The summed E-state index contributed by atoms with van der Waals surface area (Å²) in [6, 6.07) is 13.2. The number of hydrogen-bond donors (Lipinski definition) is 2. The van der Waals surface area contributed by atoms with Gasteiger partial charge in [0.15, 0.2) is 12.3 Å². The Morgan fingerprint density at radius 3 is 2.58 bits per heavy atom. The van der Waals surface area contributed by atoms with Crippen LogP contribution in [0.4, 0.5) is 5.69 Å². The minimum atomic E-state index is -3.81. The van der Waals surface area contributed by atoms with Crippen LogP contribution in [0.1, 0.15) is 42.6 Å². The van der Waals surface area contributed by atoms with Crippen molar-refractivity contribution < 1.29 is 22.7 Å². The van der Waals surface area contributed by atoms with Crippen LogP contribution in [0.15, 0.2) is 53.4 Å². The Morgan fingerprint density at radius 1 is 1.09 bits per heavy atom. The second-order valence-electron chi connectivity index (χ2n) is 8.05. The summed E-state index contributed by atoms with van der Waals surface area (Å²) in [6.45, 7) is -0.577. The number of aromatic amines is 1. The Balaban J connectivity index is 1.44. The molecule has 1 heterocycles. The lowest BCUT2D eigenvalue weighted by Gasteiger charge is -2.30. The summed E-state index contributed by atoms with van der Waals surface area (Å²) in [5, 5.41) is 9.84. The van der Waals surface area contributed by atoms with Crippen molar-refractivity contribution >= 4 is 38.5 Å². The van der Waals surface area contributed by atoms with Crippen molar-refractivity contribution in [3.8, 4) is 0 Å². The molecule has 9 nitrogen and oxygen atoms in total. The summed E-state index contributed by atoms with van der Waals surface area (Å²) in [5.74, 6) is -1.40. The second-order valence-corrected chi connectivity index (χ2v) is 10.0. The largest absolute Gasteiger partial charge is 0.451 e. The Kier molecular flexibility index (Phi) is 6.75. The van der Waals surface area contributed by atoms with Crippen molar-refractivity contribution in [2.24, 2.45) is 0 Å². The minimum Gasteiger partial charge on any atom is -0.451 e. The first kappa shape index (κ1) is 22.9. The molecule has 33 heavy (non-hydrogen) atoms. The van der Waals surface area contributed by atoms with Gasteiger partial charge in [-0.05, 0) is 31.0 Å². The van der Waals surface area contributed by atoms with Gasteiger partial charge in [-0.2, -0.15) is 9.40 Å². The lowest BCUT2D eigenvalue weighted by atomic mass is 9.96. The number of carbonyl (C=O) groups excluding carboxylic acids is 2. The molecule has 0 aliphatic heterocycles. The van der Waals surface area contributed by atoms with Gasteiger partial charge in [-0.3, -0.25) is 9.89 Å². The molecule has 1 aromatic heterocycles. The minimum absolute atomic E-state index is 0.0102. The Morgan fingerprint density at radius 2 is 1.79 bits per heavy atom. The fourth-order valence-corrected chi connectivity index (χ4v) is 5.66. The van der Waals surface area contributed by atoms with Gasteiger partial charge in [0.25, 0.3) is 5.91 Å². The monoisotopic (exact) mass is 470 g/mol. The van der Waals surface area contributed by atoms with Crippen LogP contribution in [0.3, 0.4) is 0 Å². The van der Waals surface area contributed by atoms with E-state index in [2.05, 4.69) is 15.5 Å². The van der Waals surface area contributed by atoms with E-state index < -0.39 is 28.5 Å². The van der Waals surface area contributed by atoms with Gasteiger partial charge in [-0.1, -0.05) is 49.6 Å². The van der Waals surface area contributed by atoms with Gasteiger partial charge in [0.2, 0.25) is 10.0 Å². The van der Waals surface area contributed by atoms with Crippen LogP contribution in [0, 0.1) is 0 Å². The Bertz CT molecular complexity index is 1260. The van der Waals surface area contributed by atoms with Gasteiger partial charge in [-0.25, -0.2) is 13.2 Å². The van der Waals surface area contributed by atoms with Gasteiger partial charge in [0.1, 0.15) is 4.90 Å². The van der Waals surface area contributed by atoms with E-state index in [9.17, 15) is 18.0 Å². The molecule has 174 valence electrons. The van der Waals surface area contributed by atoms with Crippen molar-refractivity contribution in [3.63, 3.8) is 0 Å². The molecule has 2 N–H and O–H groups in total. The molecule has 0 saturated heterocycles. The first-order valence-corrected chi connectivity index (χ1v) is 12.3. The van der Waals surface area contributed by atoms with Crippen LogP contribution < -0.4 is 5.32 Å². The third kappa shape index (κ3) is 4.91. The number of esters is 1. The molecule has 2 aromatic carbocycles. The van der Waals surface area contributed by atoms with Crippen LogP contribution in [-0.4, -0.2) is 54.5 Å². The molecule has 0 spiro atoms. The van der Waals surface area contributed by atoms with Gasteiger partial charge < -0.3 is 10.1 Å². The van der Waals surface area contributed by atoms with E-state index >= 15 is 0 Å². The molecule has 1 amide bonds. The van der Waals surface area contributed by atoms with Crippen LogP contribution in [-0.2, 0) is 19.6 Å². The molecule has 3 aromatic rings. The number of amides is 1. The molecule has 1 aliphatic carbocycles. The predicted molar refractivity (Wildman–Crippen MR) is 123 cm³/mol. The molecule has 1 aliphatic rings. The third-order valence-corrected chi connectivity index (χ3v) is 7.87. The lowest BCUT2D eigenvalue weighted by molar-refractivity contribution is -0.119. The standard InChI is InChI=1S/C23H26N4O5S/c1-27(16-9-3-2-4-10-16)33(30,31)20-14-8-7-13-19(20)24-21(28)15-32-23(29)22-17-11-5-6-12-18(17)25-26-22/h5-8,11-14,16H,2-4,9-10,15H2,1H3,(H,24,28)(H,25,26). The van der Waals surface area contributed by atoms with Crippen molar-refractivity contribution in [3.05, 3.63) is 54.2 Å². The van der Waals surface area contributed by atoms with E-state index in [4.69, 9.17) is 4.74 Å². The topological polar surface area (TPSA) is 121 Å². The van der Waals surface area contributed by atoms with Crippen molar-refractivity contribution in [1.82, 2.24) is 14.5 Å². The van der Waals surface area contributed by atoms with Gasteiger partial charge in [-0.15, -0.1) is 0 Å². The number of carbonyl (C=O) groups is 2. The number of aromatic nitrogens is 2. The zero-order valence-electron chi connectivity index (χ0n) is 18.3. The zero-order valence-corrected chi connectivity index (χ0v) is 19.1. The summed E-state index contributed by atoms with van der Waals surface area (Å²) >= 11 is 0. The maximum absolute atomic E-state index is 13.3. The molecule has 0 bridgehead atoms. The van der Waals surface area contributed by atoms with E-state index in [1.807, 2.05) is 0 Å². The Hall–Kier alpha value is -3.24. The first-order valence-electron chi connectivity index (χ1n) is 10.8. The van der Waals surface area contributed by atoms with E-state index in [0.29, 0.717) is 10.9 Å². The number of benzene rings is 2. The van der Waals surface area contributed by atoms with E-state index in [0.717, 1.165) is 32.1 Å². The molecule has 0 radical (unpaired) electrons. The quantitative estimate of drug-likeness (QED) is 0.511. The third-order valence-electron chi connectivity index (χ3n) is 5.91. The number of rotatable bonds is 7. The molecule has 1 fully saturated rings. The molecular weight excluding hydrogens is 444 g/mol. The van der Waals surface area contributed by atoms with Gasteiger partial charge in [0, 0.05) is 18.5 Å². The highest BCUT2D eigenvalue weighted by Crippen LogP contribution is 2.29. The van der Waals surface area contributed by atoms with Crippen LogP contribution in [0.2, 0.25) is 0 Å². The number of para-hydroxylation sites is 2. The Labute approximate surface area is 192 Å². The van der Waals surface area contributed by atoms with E-state index in [-0.39, 0.29) is 22.3 Å². The zero-order chi connectivity index (χ0) is 23.4. The molecule has 0 atom stereocenters. The van der Waals surface area contributed by atoms with Crippen LogP contribution in [0.5, 0.6) is 0 Å². The summed E-state index contributed by atoms with van der Waals surface area (Å²) in [6.07, 6.45) is 4.76. The summed E-state index contributed by atoms with van der Waals surface area (Å²) < 4.78 is 33.0. The first-order chi connectivity index (χ1) is 15.9. The summed E-state index contributed by atoms with van der Waals surface area (Å²) in [4.78, 5) is 24.9. The maximum atomic E-state index is 13.3. The number of nitrogens with one attached hydrogen (secondary N) is 2. The lowest BCUT2D eigenvalue weighted by Crippen LogP contribution is -2.38. The van der Waals surface area contributed by atoms with Crippen molar-refractivity contribution in [2.75, 3.05) is 19.0 Å². The normalized spacial score (nSPS) is 15.0. The summed E-state index contributed by atoms with van der Waals surface area (Å²) in [7, 11) is -2.23. The highest BCUT2D eigenvalue weighted by molar-refractivity contribution is 7.89. The second kappa shape index (κ2) is 9.72. The number of fused-ring (bicyclic) bond motifs is 1. The van der Waals surface area contributed by atoms with Gasteiger partial charge >= 0.3 is 5.97 Å². The maximum Gasteiger partial charge on any atom is 0.359 e. The number of sulfonamides is 1. The number of anilines is 1. The van der Waals surface area contributed by atoms with Crippen LogP contribution in [0.25, 0.3) is 10.9 Å². The van der Waals surface area contributed by atoms with Gasteiger partial charge in [0.05, 0.1) is 11.2 Å². The molecule has 0 unspecified atom stereocenters. The molecule has 1 saturated carbocycles. The smallest absolute Gasteiger partial charge is 0.359 e. The fourth-order valence-electron chi connectivity index (χ4n) is 4.10. The predicted octanol–water partition coefficient (Wildman–Crippen LogP) is 3.31. The SMILES string of the molecule is CN(C1CCCCC1)S(=O)(=O)c1ccccc1NC(=O)COC(=O)c1n[nH]c2ccccc12. The number of ether oxygens (including phenoxy) is 1. The van der Waals surface area contributed by atoms with Crippen LogP contribution >= 0.6 is 0 Å². The fraction of sp³-hybridized carbons (Fsp3) is 0.348. The van der Waals surface area contributed by atoms with Crippen molar-refractivity contribution in [1.29, 1.82) is 0 Å². The number of H-pyrrole nitrogens is 1. The highest BCUT2D eigenvalue weighted by atomic mass is 32.2. The highest BCUT2D eigenvalue weighted by Gasteiger charge is 2.31. The molecule has 10 heteroatoms. The molecule has 4 rings (SSSR count). The summed E-state index contributed by atoms with van der Waals surface area (Å²) in [5.41, 5.74) is 0.900.